The van der Waals surface area contributed by atoms with Crippen molar-refractivity contribution in [2.24, 2.45) is 5.41 Å². The highest BCUT2D eigenvalue weighted by Crippen LogP contribution is 2.37. The number of carboxylic acid groups (broad SMARTS) is 1. The molecule has 1 aromatic rings. The number of hydrogen-bond acceptors (Lipinski definition) is 4. The van der Waals surface area contributed by atoms with Gasteiger partial charge in [0.2, 0.25) is 0 Å². The molecule has 0 radical (unpaired) electrons. The number of hydrogen-bond donors (Lipinski definition) is 1. The molecule has 7 nitrogen and oxygen atoms in total. The largest absolute Gasteiger partial charge is 0.464 e. The first kappa shape index (κ1) is 21.0. The normalized spacial score (nSPS) is 20.5. The third-order valence-electron chi connectivity index (χ3n) is 4.37. The minimum Gasteiger partial charge on any atom is -0.464 e. The van der Waals surface area contributed by atoms with Gasteiger partial charge in [-0.2, -0.15) is 0 Å². The molecule has 1 saturated heterocycles. The molecule has 2 amide bonds. The van der Waals surface area contributed by atoms with Gasteiger partial charge in [-0.15, -0.1) is 0 Å². The molecule has 0 aromatic heterocycles. The van der Waals surface area contributed by atoms with E-state index in [1.54, 1.807) is 20.8 Å². The van der Waals surface area contributed by atoms with Gasteiger partial charge in [-0.25, -0.2) is 19.6 Å². The van der Waals surface area contributed by atoms with E-state index in [1.165, 1.54) is 5.01 Å². The molecule has 1 aliphatic rings. The highest BCUT2D eigenvalue weighted by atomic mass is 16.6. The van der Waals surface area contributed by atoms with Crippen LogP contribution in [0, 0.1) is 5.41 Å². The zero-order chi connectivity index (χ0) is 20.4. The number of cyclic esters (lactones) is 1. The number of rotatable bonds is 5. The van der Waals surface area contributed by atoms with E-state index in [4.69, 9.17) is 9.47 Å². The molecule has 0 spiro atoms. The van der Waals surface area contributed by atoms with Crippen molar-refractivity contribution in [3.05, 3.63) is 35.9 Å². The summed E-state index contributed by atoms with van der Waals surface area (Å²) in [6.45, 7) is 11.7. The van der Waals surface area contributed by atoms with Crippen molar-refractivity contribution in [2.45, 2.75) is 65.8 Å². The Bertz CT molecular complexity index is 663. The number of amides is 2. The Morgan fingerprint density at radius 2 is 1.78 bits per heavy atom. The molecular weight excluding hydrogens is 348 g/mol. The number of benzene rings is 1. The maximum atomic E-state index is 12.6. The lowest BCUT2D eigenvalue weighted by molar-refractivity contribution is -0.0771. The van der Waals surface area contributed by atoms with E-state index in [0.717, 1.165) is 10.6 Å². The van der Waals surface area contributed by atoms with Gasteiger partial charge in [0.25, 0.3) is 0 Å². The smallest absolute Gasteiger partial charge is 0.429 e. The molecule has 7 heteroatoms. The maximum Gasteiger partial charge on any atom is 0.429 e. The second kappa shape index (κ2) is 7.76. The number of hydrazine groups is 1. The van der Waals surface area contributed by atoms with Crippen molar-refractivity contribution in [1.29, 1.82) is 0 Å². The van der Waals surface area contributed by atoms with Crippen LogP contribution in [0.4, 0.5) is 9.59 Å². The minimum absolute atomic E-state index is 0.191. The van der Waals surface area contributed by atoms with Crippen LogP contribution in [0.1, 0.15) is 47.1 Å². The van der Waals surface area contributed by atoms with Crippen LogP contribution in [0.2, 0.25) is 0 Å². The summed E-state index contributed by atoms with van der Waals surface area (Å²) in [6.07, 6.45) is -2.43. The van der Waals surface area contributed by atoms with Crippen LogP contribution in [-0.2, 0) is 16.1 Å². The fourth-order valence-electron chi connectivity index (χ4n) is 3.34. The summed E-state index contributed by atoms with van der Waals surface area (Å²) in [5.41, 5.74) is -0.187. The van der Waals surface area contributed by atoms with Gasteiger partial charge >= 0.3 is 12.2 Å². The Morgan fingerprint density at radius 3 is 2.26 bits per heavy atom. The second-order valence-electron chi connectivity index (χ2n) is 8.84. The van der Waals surface area contributed by atoms with Gasteiger partial charge in [-0.05, 0) is 31.7 Å². The molecule has 1 heterocycles. The SMILES string of the molecule is CC(C)(C)[C@@H]1C(COCc2ccccc2)OC(=O)N1N(C(=O)O)C(C)(C)C. The van der Waals surface area contributed by atoms with E-state index in [2.05, 4.69) is 0 Å². The fourth-order valence-corrected chi connectivity index (χ4v) is 3.34. The van der Waals surface area contributed by atoms with Gasteiger partial charge < -0.3 is 14.6 Å². The Hall–Kier alpha value is -2.28. The van der Waals surface area contributed by atoms with Crippen molar-refractivity contribution in [3.8, 4) is 0 Å². The summed E-state index contributed by atoms with van der Waals surface area (Å²) < 4.78 is 11.3. The van der Waals surface area contributed by atoms with E-state index in [1.807, 2.05) is 51.1 Å². The van der Waals surface area contributed by atoms with Crippen LogP contribution in [0.5, 0.6) is 0 Å². The highest BCUT2D eigenvalue weighted by molar-refractivity contribution is 5.76. The van der Waals surface area contributed by atoms with Crippen LogP contribution in [0.25, 0.3) is 0 Å². The highest BCUT2D eigenvalue weighted by Gasteiger charge is 2.53. The Morgan fingerprint density at radius 1 is 1.19 bits per heavy atom. The molecule has 2 rings (SSSR count). The Balaban J connectivity index is 2.21. The average Bonchev–Trinajstić information content (AvgIpc) is 2.83. The molecule has 1 aliphatic heterocycles. The minimum atomic E-state index is -1.19. The average molecular weight is 378 g/mol. The zero-order valence-electron chi connectivity index (χ0n) is 16.9. The molecular formula is C20H30N2O5. The van der Waals surface area contributed by atoms with Crippen LogP contribution >= 0.6 is 0 Å². The van der Waals surface area contributed by atoms with Gasteiger partial charge in [0.05, 0.1) is 18.8 Å². The van der Waals surface area contributed by atoms with Crippen LogP contribution < -0.4 is 0 Å². The molecule has 2 atom stereocenters. The topological polar surface area (TPSA) is 79.3 Å². The number of carbonyl (C=O) groups excluding carboxylic acids is 1. The molecule has 1 N–H and O–H groups in total. The summed E-state index contributed by atoms with van der Waals surface area (Å²) in [6, 6.07) is 9.24. The number of carbonyl (C=O) groups is 2. The third kappa shape index (κ3) is 4.91. The lowest BCUT2D eigenvalue weighted by atomic mass is 9.83. The van der Waals surface area contributed by atoms with E-state index in [-0.39, 0.29) is 6.61 Å². The van der Waals surface area contributed by atoms with Crippen molar-refractivity contribution in [3.63, 3.8) is 0 Å². The third-order valence-corrected chi connectivity index (χ3v) is 4.37. The van der Waals surface area contributed by atoms with Crippen LogP contribution in [0.15, 0.2) is 30.3 Å². The number of nitrogens with zero attached hydrogens (tertiary/aromatic N) is 2. The van der Waals surface area contributed by atoms with E-state index >= 15 is 0 Å². The summed E-state index contributed by atoms with van der Waals surface area (Å²) in [7, 11) is 0. The summed E-state index contributed by atoms with van der Waals surface area (Å²) in [5.74, 6) is 0. The molecule has 1 fully saturated rings. The molecule has 150 valence electrons. The van der Waals surface area contributed by atoms with Crippen molar-refractivity contribution in [1.82, 2.24) is 10.0 Å². The second-order valence-corrected chi connectivity index (χ2v) is 8.84. The summed E-state index contributed by atoms with van der Waals surface area (Å²) in [4.78, 5) is 24.5. The first-order valence-corrected chi connectivity index (χ1v) is 9.07. The van der Waals surface area contributed by atoms with Crippen LogP contribution in [-0.4, -0.2) is 51.6 Å². The van der Waals surface area contributed by atoms with Gasteiger partial charge in [-0.1, -0.05) is 51.1 Å². The van der Waals surface area contributed by atoms with Crippen molar-refractivity contribution in [2.75, 3.05) is 6.61 Å². The lowest BCUT2D eigenvalue weighted by Gasteiger charge is -2.44. The van der Waals surface area contributed by atoms with Gasteiger partial charge in [0.1, 0.15) is 12.1 Å². The monoisotopic (exact) mass is 378 g/mol. The lowest BCUT2D eigenvalue weighted by Crippen LogP contribution is -2.62. The summed E-state index contributed by atoms with van der Waals surface area (Å²) >= 11 is 0. The quantitative estimate of drug-likeness (QED) is 0.833. The molecule has 1 aromatic carbocycles. The van der Waals surface area contributed by atoms with E-state index in [0.29, 0.717) is 6.61 Å². The van der Waals surface area contributed by atoms with Crippen molar-refractivity contribution >= 4 is 12.2 Å². The maximum absolute atomic E-state index is 12.6. The zero-order valence-corrected chi connectivity index (χ0v) is 16.9. The number of ether oxygens (including phenoxy) is 2. The first-order valence-electron chi connectivity index (χ1n) is 9.07. The van der Waals surface area contributed by atoms with Gasteiger partial charge in [-0.3, -0.25) is 0 Å². The van der Waals surface area contributed by atoms with Gasteiger partial charge in [0.15, 0.2) is 0 Å². The molecule has 27 heavy (non-hydrogen) atoms. The first-order chi connectivity index (χ1) is 12.4. The standard InChI is InChI=1S/C20H30N2O5/c1-19(2,3)16-15(13-26-12-14-10-8-7-9-11-14)27-18(25)21(16)22(17(23)24)20(4,5)6/h7-11,15-16H,12-13H2,1-6H3,(H,23,24)/t15?,16-/m0/s1. The Kier molecular flexibility index (Phi) is 6.04. The summed E-state index contributed by atoms with van der Waals surface area (Å²) in [5, 5.41) is 12.0. The van der Waals surface area contributed by atoms with E-state index in [9.17, 15) is 14.7 Å². The molecule has 1 unspecified atom stereocenters. The molecule has 0 bridgehead atoms. The Labute approximate surface area is 160 Å². The predicted octanol–water partition coefficient (Wildman–Crippen LogP) is 4.13. The molecule has 0 aliphatic carbocycles. The van der Waals surface area contributed by atoms with E-state index < -0.39 is 35.3 Å². The van der Waals surface area contributed by atoms with Crippen LogP contribution in [0.3, 0.4) is 0 Å². The van der Waals surface area contributed by atoms with Gasteiger partial charge in [0, 0.05) is 0 Å². The predicted molar refractivity (Wildman–Crippen MR) is 101 cm³/mol. The fraction of sp³-hybridized carbons (Fsp3) is 0.600. The molecule has 0 saturated carbocycles. The van der Waals surface area contributed by atoms with Crippen molar-refractivity contribution < 1.29 is 24.2 Å².